The van der Waals surface area contributed by atoms with E-state index in [1.54, 1.807) is 0 Å². The maximum Gasteiger partial charge on any atom is 0.242 e. The van der Waals surface area contributed by atoms with E-state index in [1.807, 2.05) is 28.8 Å². The van der Waals surface area contributed by atoms with Crippen molar-refractivity contribution in [3.05, 3.63) is 30.1 Å². The van der Waals surface area contributed by atoms with Crippen LogP contribution in [0.3, 0.4) is 0 Å². The summed E-state index contributed by atoms with van der Waals surface area (Å²) in [5.74, 6) is 1.43. The average Bonchev–Trinajstić information content (AvgIpc) is 2.99. The van der Waals surface area contributed by atoms with Gasteiger partial charge in [-0.1, -0.05) is 25.0 Å². The fourth-order valence-corrected chi connectivity index (χ4v) is 4.58. The number of likely N-dealkylation sites (tertiary alicyclic amines) is 1. The van der Waals surface area contributed by atoms with Gasteiger partial charge in [-0.25, -0.2) is 4.98 Å². The van der Waals surface area contributed by atoms with E-state index >= 15 is 0 Å². The third-order valence-electron chi connectivity index (χ3n) is 5.73. The lowest BCUT2D eigenvalue weighted by atomic mass is 9.78. The molecule has 128 valence electrons. The molecule has 1 aliphatic carbocycles. The Labute approximate surface area is 142 Å². The molecule has 0 unspecified atom stereocenters. The quantitative estimate of drug-likeness (QED) is 0.943. The van der Waals surface area contributed by atoms with E-state index in [-0.39, 0.29) is 19.1 Å². The fraction of sp³-hybridized carbons (Fsp3) is 0.579. The summed E-state index contributed by atoms with van der Waals surface area (Å²) in [5.41, 5.74) is 1.76. The molecule has 2 fully saturated rings. The molecule has 0 spiro atoms. The van der Waals surface area contributed by atoms with Gasteiger partial charge in [-0.05, 0) is 43.7 Å². The van der Waals surface area contributed by atoms with E-state index in [0.717, 1.165) is 30.4 Å². The molecule has 1 aliphatic heterocycles. The second-order valence-corrected chi connectivity index (χ2v) is 7.10. The molecule has 2 heterocycles. The number of aromatic nitrogens is 2. The summed E-state index contributed by atoms with van der Waals surface area (Å²) in [7, 11) is 0. The number of nitrogens with zero attached hydrogens (tertiary/aromatic N) is 3. The summed E-state index contributed by atoms with van der Waals surface area (Å²) < 4.78 is 1.88. The maximum atomic E-state index is 13.0. The molecular weight excluding hydrogens is 302 g/mol. The van der Waals surface area contributed by atoms with Crippen molar-refractivity contribution in [2.75, 3.05) is 6.54 Å². The van der Waals surface area contributed by atoms with Gasteiger partial charge in [0.1, 0.15) is 19.0 Å². The Kier molecular flexibility index (Phi) is 4.27. The van der Waals surface area contributed by atoms with Crippen LogP contribution in [-0.4, -0.2) is 38.1 Å². The minimum absolute atomic E-state index is 0.145. The van der Waals surface area contributed by atoms with E-state index in [2.05, 4.69) is 9.88 Å². The molecule has 5 heteroatoms. The molecular formula is C19H25N3O2. The predicted molar refractivity (Wildman–Crippen MR) is 92.3 cm³/mol. The number of fused-ring (bicyclic) bond motifs is 2. The smallest absolute Gasteiger partial charge is 0.242 e. The number of imidazole rings is 1. The first-order valence-corrected chi connectivity index (χ1v) is 9.12. The average molecular weight is 327 g/mol. The SMILES string of the molecule is O=C(Cn1c(CO)nc2ccccc21)N1CCC[C@@H]2CCCC[C@H]21. The van der Waals surface area contributed by atoms with Gasteiger partial charge in [0, 0.05) is 12.6 Å². The molecule has 24 heavy (non-hydrogen) atoms. The molecule has 1 aromatic heterocycles. The number of para-hydroxylation sites is 2. The van der Waals surface area contributed by atoms with Crippen LogP contribution in [0.15, 0.2) is 24.3 Å². The van der Waals surface area contributed by atoms with E-state index in [4.69, 9.17) is 0 Å². The van der Waals surface area contributed by atoms with E-state index in [0.29, 0.717) is 17.8 Å². The fourth-order valence-electron chi connectivity index (χ4n) is 4.58. The molecule has 1 N–H and O–H groups in total. The standard InChI is InChI=1S/C19H25N3O2/c23-13-18-20-15-8-2-4-10-17(15)22(18)12-19(24)21-11-5-7-14-6-1-3-9-16(14)21/h2,4,8,10,14,16,23H,1,3,5-7,9,11-13H2/t14-,16+/m0/s1. The first-order chi connectivity index (χ1) is 11.8. The lowest BCUT2D eigenvalue weighted by Gasteiger charge is -2.44. The summed E-state index contributed by atoms with van der Waals surface area (Å²) in [6.45, 7) is 1.01. The Morgan fingerprint density at radius 1 is 1.17 bits per heavy atom. The molecule has 2 atom stereocenters. The first-order valence-electron chi connectivity index (χ1n) is 9.12. The van der Waals surface area contributed by atoms with Crippen LogP contribution in [0.2, 0.25) is 0 Å². The minimum Gasteiger partial charge on any atom is -0.388 e. The number of rotatable bonds is 3. The van der Waals surface area contributed by atoms with Crippen LogP contribution >= 0.6 is 0 Å². The third-order valence-corrected chi connectivity index (χ3v) is 5.73. The monoisotopic (exact) mass is 327 g/mol. The lowest BCUT2D eigenvalue weighted by Crippen LogP contribution is -2.50. The summed E-state index contributed by atoms with van der Waals surface area (Å²) in [6.07, 6.45) is 7.35. The van der Waals surface area contributed by atoms with Crippen LogP contribution < -0.4 is 0 Å². The van der Waals surface area contributed by atoms with Crippen LogP contribution in [0.25, 0.3) is 11.0 Å². The summed E-state index contributed by atoms with van der Waals surface area (Å²) in [4.78, 5) is 19.6. The molecule has 4 rings (SSSR count). The summed E-state index contributed by atoms with van der Waals surface area (Å²) in [6, 6.07) is 8.19. The number of aliphatic hydroxyl groups is 1. The van der Waals surface area contributed by atoms with Gasteiger partial charge in [-0.3, -0.25) is 4.79 Å². The molecule has 1 saturated carbocycles. The zero-order chi connectivity index (χ0) is 16.5. The number of amides is 1. The van der Waals surface area contributed by atoms with Crippen molar-refractivity contribution >= 4 is 16.9 Å². The Morgan fingerprint density at radius 2 is 1.96 bits per heavy atom. The molecule has 5 nitrogen and oxygen atoms in total. The normalized spacial score (nSPS) is 24.1. The highest BCUT2D eigenvalue weighted by Gasteiger charge is 2.35. The van der Waals surface area contributed by atoms with Crippen molar-refractivity contribution in [2.45, 2.75) is 57.7 Å². The molecule has 1 aromatic carbocycles. The molecule has 0 radical (unpaired) electrons. The van der Waals surface area contributed by atoms with Crippen LogP contribution in [0.5, 0.6) is 0 Å². The van der Waals surface area contributed by atoms with Crippen molar-refractivity contribution in [1.29, 1.82) is 0 Å². The largest absolute Gasteiger partial charge is 0.388 e. The maximum absolute atomic E-state index is 13.0. The first kappa shape index (κ1) is 15.6. The zero-order valence-corrected chi connectivity index (χ0v) is 14.0. The van der Waals surface area contributed by atoms with Gasteiger partial charge in [-0.2, -0.15) is 0 Å². The Hall–Kier alpha value is -1.88. The van der Waals surface area contributed by atoms with Gasteiger partial charge >= 0.3 is 0 Å². The van der Waals surface area contributed by atoms with Gasteiger partial charge in [0.15, 0.2) is 0 Å². The number of benzene rings is 1. The highest BCUT2D eigenvalue weighted by Crippen LogP contribution is 2.35. The van der Waals surface area contributed by atoms with Crippen molar-refractivity contribution in [3.8, 4) is 0 Å². The van der Waals surface area contributed by atoms with Crippen LogP contribution in [0, 0.1) is 5.92 Å². The van der Waals surface area contributed by atoms with E-state index in [1.165, 1.54) is 25.7 Å². The molecule has 2 aromatic rings. The second-order valence-electron chi connectivity index (χ2n) is 7.10. The topological polar surface area (TPSA) is 58.4 Å². The minimum atomic E-state index is -0.145. The molecule has 1 amide bonds. The molecule has 0 bridgehead atoms. The lowest BCUT2D eigenvalue weighted by molar-refractivity contribution is -0.138. The van der Waals surface area contributed by atoms with Gasteiger partial charge < -0.3 is 14.6 Å². The van der Waals surface area contributed by atoms with Crippen molar-refractivity contribution in [3.63, 3.8) is 0 Å². The number of hydrogen-bond donors (Lipinski definition) is 1. The van der Waals surface area contributed by atoms with E-state index < -0.39 is 0 Å². The Bertz CT molecular complexity index is 737. The van der Waals surface area contributed by atoms with Gasteiger partial charge in [0.05, 0.1) is 11.0 Å². The predicted octanol–water partition coefficient (Wildman–Crippen LogP) is 2.71. The van der Waals surface area contributed by atoms with Crippen LogP contribution in [0.4, 0.5) is 0 Å². The second kappa shape index (κ2) is 6.55. The Balaban J connectivity index is 1.59. The molecule has 2 aliphatic rings. The number of piperidine rings is 1. The van der Waals surface area contributed by atoms with Crippen LogP contribution in [-0.2, 0) is 17.9 Å². The molecule has 1 saturated heterocycles. The third kappa shape index (κ3) is 2.71. The number of carbonyl (C=O) groups is 1. The van der Waals surface area contributed by atoms with Crippen LogP contribution in [0.1, 0.15) is 44.3 Å². The van der Waals surface area contributed by atoms with Gasteiger partial charge in [-0.15, -0.1) is 0 Å². The number of carbonyl (C=O) groups excluding carboxylic acids is 1. The number of aliphatic hydroxyl groups excluding tert-OH is 1. The Morgan fingerprint density at radius 3 is 2.83 bits per heavy atom. The van der Waals surface area contributed by atoms with Crippen molar-refractivity contribution < 1.29 is 9.90 Å². The summed E-state index contributed by atoms with van der Waals surface area (Å²) >= 11 is 0. The number of hydrogen-bond acceptors (Lipinski definition) is 3. The van der Waals surface area contributed by atoms with Crippen molar-refractivity contribution in [2.24, 2.45) is 5.92 Å². The highest BCUT2D eigenvalue weighted by atomic mass is 16.3. The zero-order valence-electron chi connectivity index (χ0n) is 14.0. The van der Waals surface area contributed by atoms with E-state index in [9.17, 15) is 9.90 Å². The van der Waals surface area contributed by atoms with Crippen molar-refractivity contribution in [1.82, 2.24) is 14.5 Å². The highest BCUT2D eigenvalue weighted by molar-refractivity contribution is 5.81. The van der Waals surface area contributed by atoms with Gasteiger partial charge in [0.2, 0.25) is 5.91 Å². The van der Waals surface area contributed by atoms with Gasteiger partial charge in [0.25, 0.3) is 0 Å². The summed E-state index contributed by atoms with van der Waals surface area (Å²) in [5, 5.41) is 9.62.